The Balaban J connectivity index is 1.78. The molecular formula is C18H28N2O. The van der Waals surface area contributed by atoms with Crippen LogP contribution in [-0.4, -0.2) is 11.9 Å². The molecular weight excluding hydrogens is 260 g/mol. The van der Waals surface area contributed by atoms with Gasteiger partial charge in [-0.15, -0.1) is 0 Å². The molecule has 1 aromatic carbocycles. The minimum atomic E-state index is -0.366. The van der Waals surface area contributed by atoms with Gasteiger partial charge in [-0.05, 0) is 54.7 Å². The van der Waals surface area contributed by atoms with Gasteiger partial charge in [-0.2, -0.15) is 0 Å². The number of primary amides is 1. The topological polar surface area (TPSA) is 55.1 Å². The van der Waals surface area contributed by atoms with Crippen LogP contribution in [0.25, 0.3) is 0 Å². The predicted molar refractivity (Wildman–Crippen MR) is 87.0 cm³/mol. The Bertz CT molecular complexity index is 465. The van der Waals surface area contributed by atoms with Crippen LogP contribution in [0.5, 0.6) is 0 Å². The summed E-state index contributed by atoms with van der Waals surface area (Å²) in [6.45, 7) is 7.92. The third-order valence-electron chi connectivity index (χ3n) is 4.79. The van der Waals surface area contributed by atoms with Crippen molar-refractivity contribution in [3.05, 3.63) is 35.4 Å². The molecule has 21 heavy (non-hydrogen) atoms. The Morgan fingerprint density at radius 3 is 2.19 bits per heavy atom. The molecule has 0 atom stereocenters. The van der Waals surface area contributed by atoms with Crippen LogP contribution < -0.4 is 11.1 Å². The van der Waals surface area contributed by atoms with Crippen LogP contribution >= 0.6 is 0 Å². The molecule has 1 aromatic rings. The number of amides is 1. The summed E-state index contributed by atoms with van der Waals surface area (Å²) in [6, 6.07) is 8.19. The molecule has 0 aromatic heterocycles. The Morgan fingerprint density at radius 2 is 1.71 bits per heavy atom. The lowest BCUT2D eigenvalue weighted by Crippen LogP contribution is -2.35. The van der Waals surface area contributed by atoms with Gasteiger partial charge in [-0.25, -0.2) is 0 Å². The summed E-state index contributed by atoms with van der Waals surface area (Å²) in [5, 5.41) is 3.64. The van der Waals surface area contributed by atoms with Crippen molar-refractivity contribution < 1.29 is 4.79 Å². The molecule has 1 saturated carbocycles. The van der Waals surface area contributed by atoms with E-state index in [0.717, 1.165) is 12.5 Å². The number of nitrogens with two attached hydrogens (primary N) is 1. The van der Waals surface area contributed by atoms with Crippen LogP contribution in [0.3, 0.4) is 0 Å². The normalized spacial score (nSPS) is 23.0. The summed E-state index contributed by atoms with van der Waals surface area (Å²) in [6.07, 6.45) is 5.17. The van der Waals surface area contributed by atoms with Gasteiger partial charge >= 0.3 is 0 Å². The van der Waals surface area contributed by atoms with E-state index in [1.807, 2.05) is 12.1 Å². The third-order valence-corrected chi connectivity index (χ3v) is 4.79. The zero-order valence-corrected chi connectivity index (χ0v) is 13.5. The van der Waals surface area contributed by atoms with Gasteiger partial charge in [0.25, 0.3) is 0 Å². The molecule has 1 aliphatic carbocycles. The first kappa shape index (κ1) is 16.0. The van der Waals surface area contributed by atoms with E-state index in [1.54, 1.807) is 12.1 Å². The van der Waals surface area contributed by atoms with E-state index < -0.39 is 0 Å². The molecule has 116 valence electrons. The fraction of sp³-hybridized carbons (Fsp3) is 0.611. The highest BCUT2D eigenvalue weighted by molar-refractivity contribution is 5.92. The lowest BCUT2D eigenvalue weighted by atomic mass is 9.71. The van der Waals surface area contributed by atoms with Crippen molar-refractivity contribution in [1.82, 2.24) is 5.32 Å². The molecule has 0 aliphatic heterocycles. The van der Waals surface area contributed by atoms with Crippen LogP contribution in [0.2, 0.25) is 0 Å². The van der Waals surface area contributed by atoms with Gasteiger partial charge in [-0.1, -0.05) is 32.9 Å². The van der Waals surface area contributed by atoms with Gasteiger partial charge in [0.15, 0.2) is 0 Å². The van der Waals surface area contributed by atoms with Crippen LogP contribution in [0.15, 0.2) is 24.3 Å². The largest absolute Gasteiger partial charge is 0.366 e. The van der Waals surface area contributed by atoms with E-state index in [2.05, 4.69) is 26.1 Å². The van der Waals surface area contributed by atoms with Crippen LogP contribution in [-0.2, 0) is 6.54 Å². The molecule has 3 heteroatoms. The molecule has 0 heterocycles. The van der Waals surface area contributed by atoms with Gasteiger partial charge in [0.05, 0.1) is 0 Å². The predicted octanol–water partition coefficient (Wildman–Crippen LogP) is 3.48. The third kappa shape index (κ3) is 4.57. The molecule has 0 radical (unpaired) electrons. The van der Waals surface area contributed by atoms with E-state index >= 15 is 0 Å². The van der Waals surface area contributed by atoms with E-state index in [-0.39, 0.29) is 5.91 Å². The highest BCUT2D eigenvalue weighted by Crippen LogP contribution is 2.37. The average molecular weight is 288 g/mol. The van der Waals surface area contributed by atoms with Crippen molar-refractivity contribution in [1.29, 1.82) is 0 Å². The highest BCUT2D eigenvalue weighted by Gasteiger charge is 2.29. The molecule has 0 saturated heterocycles. The molecule has 0 spiro atoms. The SMILES string of the molecule is CC(C)(C)[C@H]1CC[C@H](NCc2ccc(C(N)=O)cc2)CC1. The monoisotopic (exact) mass is 288 g/mol. The van der Waals surface area contributed by atoms with E-state index in [0.29, 0.717) is 17.0 Å². The summed E-state index contributed by atoms with van der Waals surface area (Å²) in [5.74, 6) is 0.486. The summed E-state index contributed by atoms with van der Waals surface area (Å²) in [4.78, 5) is 11.0. The smallest absolute Gasteiger partial charge is 0.248 e. The second-order valence-electron chi connectivity index (χ2n) is 7.36. The molecule has 0 bridgehead atoms. The summed E-state index contributed by atoms with van der Waals surface area (Å²) in [7, 11) is 0. The molecule has 3 nitrogen and oxygen atoms in total. The first-order chi connectivity index (χ1) is 9.86. The average Bonchev–Trinajstić information content (AvgIpc) is 2.45. The number of carbonyl (C=O) groups excluding carboxylic acids is 1. The molecule has 2 rings (SSSR count). The standard InChI is InChI=1S/C18H28N2O/c1-18(2,3)15-8-10-16(11-9-15)20-12-13-4-6-14(7-5-13)17(19)21/h4-7,15-16,20H,8-12H2,1-3H3,(H2,19,21)/t15-,16-. The summed E-state index contributed by atoms with van der Waals surface area (Å²) < 4.78 is 0. The molecule has 1 amide bonds. The van der Waals surface area contributed by atoms with Crippen molar-refractivity contribution in [3.8, 4) is 0 Å². The summed E-state index contributed by atoms with van der Waals surface area (Å²) >= 11 is 0. The van der Waals surface area contributed by atoms with Crippen LogP contribution in [0, 0.1) is 11.3 Å². The van der Waals surface area contributed by atoms with Crippen molar-refractivity contribution >= 4 is 5.91 Å². The lowest BCUT2D eigenvalue weighted by molar-refractivity contribution is 0.100. The maximum absolute atomic E-state index is 11.0. The minimum absolute atomic E-state index is 0.366. The van der Waals surface area contributed by atoms with Gasteiger partial charge < -0.3 is 11.1 Å². The maximum atomic E-state index is 11.0. The Kier molecular flexibility index (Phi) is 5.04. The van der Waals surface area contributed by atoms with Gasteiger partial charge in [-0.3, -0.25) is 4.79 Å². The second kappa shape index (κ2) is 6.61. The van der Waals surface area contributed by atoms with Crippen LogP contribution in [0.4, 0.5) is 0 Å². The number of carbonyl (C=O) groups is 1. The number of hydrogen-bond acceptors (Lipinski definition) is 2. The Hall–Kier alpha value is -1.35. The fourth-order valence-corrected chi connectivity index (χ4v) is 3.21. The zero-order valence-electron chi connectivity index (χ0n) is 13.5. The van der Waals surface area contributed by atoms with Crippen molar-refractivity contribution in [2.45, 2.75) is 59.0 Å². The molecule has 3 N–H and O–H groups in total. The zero-order chi connectivity index (χ0) is 15.5. The summed E-state index contributed by atoms with van der Waals surface area (Å²) in [5.41, 5.74) is 7.47. The lowest BCUT2D eigenvalue weighted by Gasteiger charge is -2.37. The number of nitrogens with one attached hydrogen (secondary N) is 1. The Morgan fingerprint density at radius 1 is 1.14 bits per heavy atom. The van der Waals surface area contributed by atoms with Gasteiger partial charge in [0.1, 0.15) is 0 Å². The van der Waals surface area contributed by atoms with Crippen molar-refractivity contribution in [2.75, 3.05) is 0 Å². The number of hydrogen-bond donors (Lipinski definition) is 2. The maximum Gasteiger partial charge on any atom is 0.248 e. The molecule has 0 unspecified atom stereocenters. The van der Waals surface area contributed by atoms with E-state index in [9.17, 15) is 4.79 Å². The first-order valence-corrected chi connectivity index (χ1v) is 7.98. The first-order valence-electron chi connectivity index (χ1n) is 7.98. The van der Waals surface area contributed by atoms with Crippen molar-refractivity contribution in [2.24, 2.45) is 17.1 Å². The Labute approximate surface area is 128 Å². The van der Waals surface area contributed by atoms with E-state index in [4.69, 9.17) is 5.73 Å². The molecule has 1 aliphatic rings. The van der Waals surface area contributed by atoms with Gasteiger partial charge in [0, 0.05) is 18.2 Å². The van der Waals surface area contributed by atoms with Crippen molar-refractivity contribution in [3.63, 3.8) is 0 Å². The number of benzene rings is 1. The van der Waals surface area contributed by atoms with Crippen LogP contribution in [0.1, 0.15) is 62.4 Å². The van der Waals surface area contributed by atoms with Gasteiger partial charge in [0.2, 0.25) is 5.91 Å². The number of rotatable bonds is 4. The second-order valence-corrected chi connectivity index (χ2v) is 7.36. The minimum Gasteiger partial charge on any atom is -0.366 e. The fourth-order valence-electron chi connectivity index (χ4n) is 3.21. The van der Waals surface area contributed by atoms with E-state index in [1.165, 1.54) is 31.2 Å². The highest BCUT2D eigenvalue weighted by atomic mass is 16.1. The quantitative estimate of drug-likeness (QED) is 0.891. The molecule has 1 fully saturated rings.